The van der Waals surface area contributed by atoms with Crippen LogP contribution in [-0.4, -0.2) is 11.0 Å². The van der Waals surface area contributed by atoms with Crippen molar-refractivity contribution in [3.8, 4) is 0 Å². The minimum Gasteiger partial charge on any atom is -0.323 e. The third kappa shape index (κ3) is 4.14. The molecule has 0 aromatic heterocycles. The van der Waals surface area contributed by atoms with Crippen LogP contribution >= 0.6 is 11.8 Å². The van der Waals surface area contributed by atoms with Gasteiger partial charge in [0, 0.05) is 17.0 Å². The first kappa shape index (κ1) is 13.5. The molecule has 0 aliphatic rings. The van der Waals surface area contributed by atoms with Crippen LogP contribution in [0.2, 0.25) is 0 Å². The van der Waals surface area contributed by atoms with E-state index in [4.69, 9.17) is 5.73 Å². The molecule has 0 spiro atoms. The summed E-state index contributed by atoms with van der Waals surface area (Å²) in [5.74, 6) is 0.650. The normalized spacial score (nSPS) is 14.8. The molecule has 90 valence electrons. The lowest BCUT2D eigenvalue weighted by Gasteiger charge is -2.15. The number of aryl methyl sites for hydroxylation is 1. The molecule has 16 heavy (non-hydrogen) atoms. The monoisotopic (exact) mass is 241 g/mol. The first-order valence-electron chi connectivity index (χ1n) is 5.67. The van der Waals surface area contributed by atoms with E-state index in [0.29, 0.717) is 5.25 Å². The first-order valence-corrected chi connectivity index (χ1v) is 6.72. The Balaban J connectivity index is 2.62. The second-order valence-corrected chi connectivity index (χ2v) is 5.69. The largest absolute Gasteiger partial charge is 0.323 e. The van der Waals surface area contributed by atoms with E-state index in [0.717, 1.165) is 23.3 Å². The summed E-state index contributed by atoms with van der Waals surface area (Å²) in [6.07, 6.45) is 1.14. The van der Waals surface area contributed by atoms with Crippen LogP contribution in [0, 0.1) is 12.7 Å². The van der Waals surface area contributed by atoms with Gasteiger partial charge in [0.05, 0.1) is 0 Å². The molecule has 1 rings (SSSR count). The number of hydrogen-bond acceptors (Lipinski definition) is 2. The molecule has 0 saturated carbocycles. The zero-order valence-corrected chi connectivity index (χ0v) is 11.0. The van der Waals surface area contributed by atoms with Crippen molar-refractivity contribution >= 4 is 11.8 Å². The molecule has 3 heteroatoms. The average Bonchev–Trinajstić information content (AvgIpc) is 2.23. The van der Waals surface area contributed by atoms with Gasteiger partial charge < -0.3 is 5.73 Å². The van der Waals surface area contributed by atoms with E-state index in [2.05, 4.69) is 13.8 Å². The van der Waals surface area contributed by atoms with Gasteiger partial charge in [-0.05, 0) is 36.6 Å². The molecule has 1 aromatic rings. The van der Waals surface area contributed by atoms with E-state index < -0.39 is 0 Å². The van der Waals surface area contributed by atoms with Crippen molar-refractivity contribution in [1.82, 2.24) is 0 Å². The van der Waals surface area contributed by atoms with Crippen LogP contribution in [0.15, 0.2) is 18.2 Å². The molecule has 0 heterocycles. The fourth-order valence-electron chi connectivity index (χ4n) is 1.46. The maximum absolute atomic E-state index is 13.2. The molecule has 2 N–H and O–H groups in total. The van der Waals surface area contributed by atoms with E-state index >= 15 is 0 Å². The van der Waals surface area contributed by atoms with Gasteiger partial charge in [0.1, 0.15) is 5.82 Å². The van der Waals surface area contributed by atoms with E-state index in [-0.39, 0.29) is 11.9 Å². The summed E-state index contributed by atoms with van der Waals surface area (Å²) in [6, 6.07) is 4.95. The van der Waals surface area contributed by atoms with Gasteiger partial charge in [-0.15, -0.1) is 0 Å². The number of rotatable bonds is 5. The average molecular weight is 241 g/mol. The SMILES string of the molecule is CCC(C)SCC(N)c1cc(C)cc(F)c1. The topological polar surface area (TPSA) is 26.0 Å². The maximum atomic E-state index is 13.2. The van der Waals surface area contributed by atoms with Gasteiger partial charge >= 0.3 is 0 Å². The third-order valence-corrected chi connectivity index (χ3v) is 4.08. The number of hydrogen-bond donors (Lipinski definition) is 1. The Morgan fingerprint density at radius 2 is 2.06 bits per heavy atom. The number of benzene rings is 1. The minimum absolute atomic E-state index is 0.0756. The van der Waals surface area contributed by atoms with Gasteiger partial charge in [-0.3, -0.25) is 0 Å². The summed E-state index contributed by atoms with van der Waals surface area (Å²) in [4.78, 5) is 0. The summed E-state index contributed by atoms with van der Waals surface area (Å²) in [7, 11) is 0. The molecular weight excluding hydrogens is 221 g/mol. The van der Waals surface area contributed by atoms with Gasteiger partial charge in [0.15, 0.2) is 0 Å². The Morgan fingerprint density at radius 3 is 2.62 bits per heavy atom. The van der Waals surface area contributed by atoms with Crippen LogP contribution in [0.25, 0.3) is 0 Å². The van der Waals surface area contributed by atoms with Crippen LogP contribution in [-0.2, 0) is 0 Å². The lowest BCUT2D eigenvalue weighted by Crippen LogP contribution is -2.15. The van der Waals surface area contributed by atoms with Gasteiger partial charge in [0.2, 0.25) is 0 Å². The Labute approximate surface area is 102 Å². The number of halogens is 1. The first-order chi connectivity index (χ1) is 7.52. The lowest BCUT2D eigenvalue weighted by molar-refractivity contribution is 0.621. The van der Waals surface area contributed by atoms with E-state index in [1.165, 1.54) is 12.1 Å². The lowest BCUT2D eigenvalue weighted by atomic mass is 10.1. The molecular formula is C13H20FNS. The summed E-state index contributed by atoms with van der Waals surface area (Å²) in [5.41, 5.74) is 7.87. The summed E-state index contributed by atoms with van der Waals surface area (Å²) in [5, 5.41) is 0.612. The molecule has 0 aliphatic heterocycles. The quantitative estimate of drug-likeness (QED) is 0.851. The standard InChI is InChI=1S/C13H20FNS/c1-4-10(3)16-8-13(15)11-5-9(2)6-12(14)7-11/h5-7,10,13H,4,8,15H2,1-3H3. The fraction of sp³-hybridized carbons (Fsp3) is 0.538. The van der Waals surface area contributed by atoms with Crippen molar-refractivity contribution in [1.29, 1.82) is 0 Å². The number of nitrogens with two attached hydrogens (primary N) is 1. The molecule has 0 amide bonds. The molecule has 2 atom stereocenters. The molecule has 0 aliphatic carbocycles. The predicted molar refractivity (Wildman–Crippen MR) is 70.3 cm³/mol. The highest BCUT2D eigenvalue weighted by Gasteiger charge is 2.10. The van der Waals surface area contributed by atoms with E-state index in [1.54, 1.807) is 0 Å². The Morgan fingerprint density at radius 1 is 1.38 bits per heavy atom. The highest BCUT2D eigenvalue weighted by molar-refractivity contribution is 7.99. The smallest absolute Gasteiger partial charge is 0.123 e. The molecule has 2 unspecified atom stereocenters. The van der Waals surface area contributed by atoms with Crippen LogP contribution < -0.4 is 5.73 Å². The highest BCUT2D eigenvalue weighted by Crippen LogP contribution is 2.22. The second-order valence-electron chi connectivity index (χ2n) is 4.22. The Kier molecular flexibility index (Phi) is 5.29. The Hall–Kier alpha value is -0.540. The summed E-state index contributed by atoms with van der Waals surface area (Å²) in [6.45, 7) is 6.24. The van der Waals surface area contributed by atoms with Crippen molar-refractivity contribution < 1.29 is 4.39 Å². The van der Waals surface area contributed by atoms with Gasteiger partial charge in [-0.2, -0.15) is 11.8 Å². The van der Waals surface area contributed by atoms with E-state index in [1.807, 2.05) is 24.8 Å². The van der Waals surface area contributed by atoms with Crippen molar-refractivity contribution in [2.24, 2.45) is 5.73 Å². The maximum Gasteiger partial charge on any atom is 0.123 e. The highest BCUT2D eigenvalue weighted by atomic mass is 32.2. The van der Waals surface area contributed by atoms with Crippen LogP contribution in [0.5, 0.6) is 0 Å². The van der Waals surface area contributed by atoms with Crippen LogP contribution in [0.3, 0.4) is 0 Å². The van der Waals surface area contributed by atoms with E-state index in [9.17, 15) is 4.39 Å². The fourth-order valence-corrected chi connectivity index (χ4v) is 2.42. The summed E-state index contributed by atoms with van der Waals surface area (Å²) < 4.78 is 13.2. The van der Waals surface area contributed by atoms with Crippen LogP contribution in [0.4, 0.5) is 4.39 Å². The van der Waals surface area contributed by atoms with Crippen LogP contribution in [0.1, 0.15) is 37.4 Å². The predicted octanol–water partition coefficient (Wildman–Crippen LogP) is 3.67. The molecule has 0 saturated heterocycles. The minimum atomic E-state index is -0.195. The van der Waals surface area contributed by atoms with Gasteiger partial charge in [-0.25, -0.2) is 4.39 Å². The molecule has 1 aromatic carbocycles. The van der Waals surface area contributed by atoms with Crippen molar-refractivity contribution in [2.45, 2.75) is 38.5 Å². The number of thioether (sulfide) groups is 1. The molecule has 0 bridgehead atoms. The van der Waals surface area contributed by atoms with Crippen molar-refractivity contribution in [3.05, 3.63) is 35.1 Å². The van der Waals surface area contributed by atoms with Gasteiger partial charge in [0.25, 0.3) is 0 Å². The van der Waals surface area contributed by atoms with Crippen molar-refractivity contribution in [3.63, 3.8) is 0 Å². The molecule has 0 radical (unpaired) electrons. The molecule has 0 fully saturated rings. The zero-order chi connectivity index (χ0) is 12.1. The summed E-state index contributed by atoms with van der Waals surface area (Å²) >= 11 is 1.84. The third-order valence-electron chi connectivity index (χ3n) is 2.63. The second kappa shape index (κ2) is 6.26. The van der Waals surface area contributed by atoms with Crippen molar-refractivity contribution in [2.75, 3.05) is 5.75 Å². The molecule has 1 nitrogen and oxygen atoms in total. The Bertz CT molecular complexity index is 320. The van der Waals surface area contributed by atoms with Gasteiger partial charge in [-0.1, -0.05) is 19.9 Å². The zero-order valence-electron chi connectivity index (χ0n) is 10.2.